The third-order valence-electron chi connectivity index (χ3n) is 5.69. The number of pyridine rings is 2. The van der Waals surface area contributed by atoms with Gasteiger partial charge in [-0.3, -0.25) is 14.1 Å². The van der Waals surface area contributed by atoms with Gasteiger partial charge in [-0.25, -0.2) is 18.7 Å². The van der Waals surface area contributed by atoms with Gasteiger partial charge in [-0.1, -0.05) is 30.3 Å². The lowest BCUT2D eigenvalue weighted by atomic mass is 10.1. The van der Waals surface area contributed by atoms with Crippen LogP contribution in [-0.2, 0) is 6.54 Å². The molecule has 0 saturated carbocycles. The van der Waals surface area contributed by atoms with Gasteiger partial charge in [0.2, 0.25) is 5.82 Å². The maximum atomic E-state index is 13.5. The number of carbonyl (C=O) groups is 1. The minimum atomic E-state index is -2.59. The summed E-state index contributed by atoms with van der Waals surface area (Å²) in [7, 11) is 0. The van der Waals surface area contributed by atoms with Crippen molar-refractivity contribution in [3.8, 4) is 0 Å². The molecule has 0 radical (unpaired) electrons. The van der Waals surface area contributed by atoms with Gasteiger partial charge < -0.3 is 5.32 Å². The minimum Gasteiger partial charge on any atom is -0.303 e. The Labute approximate surface area is 177 Å². The number of aromatic nitrogens is 3. The van der Waals surface area contributed by atoms with Gasteiger partial charge in [0.15, 0.2) is 0 Å². The summed E-state index contributed by atoms with van der Waals surface area (Å²) in [6.45, 7) is 1.03. The summed E-state index contributed by atoms with van der Waals surface area (Å²) in [5.74, 6) is -2.26. The maximum absolute atomic E-state index is 13.5. The Bertz CT molecular complexity index is 1250. The van der Waals surface area contributed by atoms with Crippen molar-refractivity contribution in [3.05, 3.63) is 72.4 Å². The molecular formula is C23H21F2N5O. The molecule has 1 saturated heterocycles. The van der Waals surface area contributed by atoms with Crippen molar-refractivity contribution in [1.29, 1.82) is 0 Å². The number of carbonyl (C=O) groups excluding carboxylic acids is 1. The van der Waals surface area contributed by atoms with E-state index < -0.39 is 5.92 Å². The van der Waals surface area contributed by atoms with Crippen LogP contribution in [0.4, 0.5) is 14.6 Å². The molecule has 1 N–H and O–H groups in total. The molecule has 1 aliphatic heterocycles. The molecule has 0 bridgehead atoms. The summed E-state index contributed by atoms with van der Waals surface area (Å²) >= 11 is 0. The number of nitrogens with zero attached hydrogens (tertiary/aromatic N) is 4. The number of piperidine rings is 1. The molecule has 8 heteroatoms. The lowest BCUT2D eigenvalue weighted by Crippen LogP contribution is -2.38. The van der Waals surface area contributed by atoms with E-state index in [0.29, 0.717) is 31.1 Å². The van der Waals surface area contributed by atoms with Gasteiger partial charge in [-0.05, 0) is 23.6 Å². The Morgan fingerprint density at radius 3 is 2.68 bits per heavy atom. The highest BCUT2D eigenvalue weighted by Crippen LogP contribution is 2.29. The molecule has 0 spiro atoms. The van der Waals surface area contributed by atoms with Gasteiger partial charge in [0.05, 0.1) is 11.2 Å². The van der Waals surface area contributed by atoms with Gasteiger partial charge in [0.25, 0.3) is 11.8 Å². The topological polar surface area (TPSA) is 62.5 Å². The number of hydrogen-bond donors (Lipinski definition) is 1. The van der Waals surface area contributed by atoms with E-state index in [9.17, 15) is 13.6 Å². The molecular weight excluding hydrogens is 400 g/mol. The number of hydrogen-bond acceptors (Lipinski definition) is 4. The zero-order valence-electron chi connectivity index (χ0n) is 16.8. The van der Waals surface area contributed by atoms with Gasteiger partial charge in [-0.15, -0.1) is 0 Å². The number of rotatable bonds is 4. The summed E-state index contributed by atoms with van der Waals surface area (Å²) < 4.78 is 28.7. The van der Waals surface area contributed by atoms with Crippen molar-refractivity contribution in [2.24, 2.45) is 0 Å². The predicted octanol–water partition coefficient (Wildman–Crippen LogP) is 4.37. The third-order valence-corrected chi connectivity index (χ3v) is 5.69. The normalized spacial score (nSPS) is 16.6. The van der Waals surface area contributed by atoms with Crippen molar-refractivity contribution < 1.29 is 13.6 Å². The Morgan fingerprint density at radius 2 is 1.84 bits per heavy atom. The van der Waals surface area contributed by atoms with Crippen LogP contribution >= 0.6 is 0 Å². The van der Waals surface area contributed by atoms with Crippen molar-refractivity contribution in [3.63, 3.8) is 0 Å². The van der Waals surface area contributed by atoms with Crippen LogP contribution < -0.4 is 5.32 Å². The fourth-order valence-electron chi connectivity index (χ4n) is 4.01. The van der Waals surface area contributed by atoms with Crippen LogP contribution in [0.5, 0.6) is 0 Å². The van der Waals surface area contributed by atoms with E-state index in [1.165, 1.54) is 0 Å². The molecule has 3 aromatic heterocycles. The molecule has 0 aliphatic carbocycles. The second-order valence-electron chi connectivity index (χ2n) is 7.80. The van der Waals surface area contributed by atoms with E-state index in [-0.39, 0.29) is 24.6 Å². The van der Waals surface area contributed by atoms with Gasteiger partial charge in [-0.2, -0.15) is 0 Å². The molecule has 5 rings (SSSR count). The van der Waals surface area contributed by atoms with Crippen LogP contribution in [0.15, 0.2) is 60.9 Å². The second kappa shape index (κ2) is 7.70. The first kappa shape index (κ1) is 19.6. The van der Waals surface area contributed by atoms with Crippen LogP contribution in [0.3, 0.4) is 0 Å². The standard InChI is InChI=1S/C23H21F2N5O/c24-23(25)9-13-29(14-10-23)15-18-19-7-3-4-12-30(19)21(27-18)22(31)28-20-17-6-2-1-5-16(17)8-11-26-20/h1-8,11-12H,9-10,13-15H2,(H,26,28,31). The monoisotopic (exact) mass is 421 g/mol. The lowest BCUT2D eigenvalue weighted by molar-refractivity contribution is -0.0567. The summed E-state index contributed by atoms with van der Waals surface area (Å²) in [4.78, 5) is 24.0. The molecule has 0 unspecified atom stereocenters. The fraction of sp³-hybridized carbons (Fsp3) is 0.261. The molecule has 31 heavy (non-hydrogen) atoms. The number of halogens is 2. The SMILES string of the molecule is O=C(Nc1nccc2ccccc12)c1nc(CN2CCC(F)(F)CC2)c2ccccn12. The molecule has 1 fully saturated rings. The summed E-state index contributed by atoms with van der Waals surface area (Å²) in [5.41, 5.74) is 1.48. The molecule has 4 heterocycles. The highest BCUT2D eigenvalue weighted by Gasteiger charge is 2.34. The number of anilines is 1. The number of nitrogens with one attached hydrogen (secondary N) is 1. The lowest BCUT2D eigenvalue weighted by Gasteiger charge is -2.31. The van der Waals surface area contributed by atoms with E-state index >= 15 is 0 Å². The first-order chi connectivity index (χ1) is 15.0. The maximum Gasteiger partial charge on any atom is 0.293 e. The summed E-state index contributed by atoms with van der Waals surface area (Å²) in [6.07, 6.45) is 3.12. The summed E-state index contributed by atoms with van der Waals surface area (Å²) in [5, 5.41) is 4.69. The molecule has 1 aliphatic rings. The Morgan fingerprint density at radius 1 is 1.06 bits per heavy atom. The number of imidazole rings is 1. The van der Waals surface area contributed by atoms with Crippen LogP contribution in [0, 0.1) is 0 Å². The van der Waals surface area contributed by atoms with E-state index in [1.54, 1.807) is 16.8 Å². The van der Waals surface area contributed by atoms with E-state index in [0.717, 1.165) is 16.3 Å². The number of alkyl halides is 2. The fourth-order valence-corrected chi connectivity index (χ4v) is 4.01. The molecule has 1 aromatic carbocycles. The number of benzene rings is 1. The molecule has 4 aromatic rings. The number of amides is 1. The average molecular weight is 421 g/mol. The van der Waals surface area contributed by atoms with Crippen LogP contribution in [-0.4, -0.2) is 44.2 Å². The van der Waals surface area contributed by atoms with Gasteiger partial charge >= 0.3 is 0 Å². The quantitative estimate of drug-likeness (QED) is 0.532. The Balaban J connectivity index is 1.44. The minimum absolute atomic E-state index is 0.154. The zero-order chi connectivity index (χ0) is 21.4. The van der Waals surface area contributed by atoms with Crippen LogP contribution in [0.1, 0.15) is 29.2 Å². The average Bonchev–Trinajstić information content (AvgIpc) is 3.14. The van der Waals surface area contributed by atoms with Gasteiger partial charge in [0.1, 0.15) is 5.82 Å². The highest BCUT2D eigenvalue weighted by atomic mass is 19.3. The number of fused-ring (bicyclic) bond motifs is 2. The van der Waals surface area contributed by atoms with Crippen molar-refractivity contribution >= 4 is 28.0 Å². The number of likely N-dealkylation sites (tertiary alicyclic amines) is 1. The van der Waals surface area contributed by atoms with Gasteiger partial charge in [0, 0.05) is 50.3 Å². The smallest absolute Gasteiger partial charge is 0.293 e. The molecule has 1 amide bonds. The van der Waals surface area contributed by atoms with Crippen LogP contribution in [0.25, 0.3) is 16.3 Å². The van der Waals surface area contributed by atoms with Crippen molar-refractivity contribution in [1.82, 2.24) is 19.3 Å². The Kier molecular flexibility index (Phi) is 4.86. The van der Waals surface area contributed by atoms with E-state index in [4.69, 9.17) is 0 Å². The van der Waals surface area contributed by atoms with Crippen molar-refractivity contribution in [2.75, 3.05) is 18.4 Å². The first-order valence-corrected chi connectivity index (χ1v) is 10.2. The predicted molar refractivity (Wildman–Crippen MR) is 114 cm³/mol. The van der Waals surface area contributed by atoms with E-state index in [2.05, 4.69) is 15.3 Å². The third kappa shape index (κ3) is 3.86. The van der Waals surface area contributed by atoms with Crippen molar-refractivity contribution in [2.45, 2.75) is 25.3 Å². The summed E-state index contributed by atoms with van der Waals surface area (Å²) in [6, 6.07) is 15.1. The molecule has 0 atom stereocenters. The second-order valence-corrected chi connectivity index (χ2v) is 7.80. The first-order valence-electron chi connectivity index (χ1n) is 10.2. The molecule has 158 valence electrons. The Hall–Kier alpha value is -3.39. The van der Waals surface area contributed by atoms with E-state index in [1.807, 2.05) is 53.4 Å². The highest BCUT2D eigenvalue weighted by molar-refractivity contribution is 6.06. The molecule has 6 nitrogen and oxygen atoms in total. The largest absolute Gasteiger partial charge is 0.303 e. The van der Waals surface area contributed by atoms with Crippen LogP contribution in [0.2, 0.25) is 0 Å². The zero-order valence-corrected chi connectivity index (χ0v) is 16.8.